The first-order chi connectivity index (χ1) is 16.4. The van der Waals surface area contributed by atoms with Crippen molar-refractivity contribution in [1.29, 1.82) is 0 Å². The van der Waals surface area contributed by atoms with E-state index in [0.717, 1.165) is 35.1 Å². The van der Waals surface area contributed by atoms with E-state index in [4.69, 9.17) is 9.84 Å². The Morgan fingerprint density at radius 3 is 2.18 bits per heavy atom. The summed E-state index contributed by atoms with van der Waals surface area (Å²) < 4.78 is 5.61. The fraction of sp³-hybridized carbons (Fsp3) is 0.444. The van der Waals surface area contributed by atoms with Crippen LogP contribution in [0.2, 0.25) is 0 Å². The summed E-state index contributed by atoms with van der Waals surface area (Å²) in [7, 11) is 0. The molecular weight excluding hydrogens is 432 g/mol. The van der Waals surface area contributed by atoms with Gasteiger partial charge in [0.25, 0.3) is 0 Å². The first-order valence-electron chi connectivity index (χ1n) is 12.0. The van der Waals surface area contributed by atoms with Crippen molar-refractivity contribution in [3.8, 4) is 11.1 Å². The van der Waals surface area contributed by atoms with E-state index in [1.165, 1.54) is 0 Å². The molecule has 1 aliphatic carbocycles. The predicted octanol–water partition coefficient (Wildman–Crippen LogP) is 4.70. The third-order valence-electron chi connectivity index (χ3n) is 6.48. The summed E-state index contributed by atoms with van der Waals surface area (Å²) >= 11 is 0. The van der Waals surface area contributed by atoms with Crippen LogP contribution in [0.1, 0.15) is 63.0 Å². The summed E-state index contributed by atoms with van der Waals surface area (Å²) in [5, 5.41) is 14.3. The predicted molar refractivity (Wildman–Crippen MR) is 131 cm³/mol. The summed E-state index contributed by atoms with van der Waals surface area (Å²) in [6.07, 6.45) is 2.24. The Kier molecular flexibility index (Phi) is 9.08. The van der Waals surface area contributed by atoms with Crippen molar-refractivity contribution in [3.63, 3.8) is 0 Å². The molecule has 0 aliphatic heterocycles. The average Bonchev–Trinajstić information content (AvgIpc) is 3.16. The molecule has 0 unspecified atom stereocenters. The Morgan fingerprint density at radius 1 is 0.971 bits per heavy atom. The molecule has 0 saturated carbocycles. The van der Waals surface area contributed by atoms with Crippen LogP contribution in [0.25, 0.3) is 11.1 Å². The Bertz CT molecular complexity index is 961. The van der Waals surface area contributed by atoms with Crippen molar-refractivity contribution in [3.05, 3.63) is 59.7 Å². The standard InChI is InChI=1S/C27H34N2O5/c1-3-18(2)25(26(32)28-16-10-4-5-15-24(30)31)29-27(33)34-17-23-21-13-8-6-11-19(21)20-12-7-9-14-22(20)23/h6-9,11-14,18,23,25H,3-5,10,15-17H2,1-2H3,(H,28,32)(H,29,33)(H,30,31)/t18-,25-/m0/s1. The molecule has 7 nitrogen and oxygen atoms in total. The van der Waals surface area contributed by atoms with Crippen molar-refractivity contribution in [2.75, 3.05) is 13.2 Å². The molecule has 0 bridgehead atoms. The lowest BCUT2D eigenvalue weighted by Crippen LogP contribution is -2.50. The van der Waals surface area contributed by atoms with Gasteiger partial charge < -0.3 is 20.5 Å². The maximum absolute atomic E-state index is 12.7. The summed E-state index contributed by atoms with van der Waals surface area (Å²) in [5.74, 6) is -1.17. The molecule has 182 valence electrons. The van der Waals surface area contributed by atoms with Crippen LogP contribution in [0.4, 0.5) is 4.79 Å². The SMILES string of the molecule is CC[C@H](C)[C@H](NC(=O)OCC1c2ccccc2-c2ccccc21)C(=O)NCCCCCC(=O)O. The summed E-state index contributed by atoms with van der Waals surface area (Å²) in [6, 6.07) is 15.6. The highest BCUT2D eigenvalue weighted by molar-refractivity contribution is 5.86. The Labute approximate surface area is 200 Å². The molecule has 2 amide bonds. The molecule has 0 fully saturated rings. The number of nitrogens with one attached hydrogen (secondary N) is 2. The number of carboxylic acid groups (broad SMARTS) is 1. The second-order valence-corrected chi connectivity index (χ2v) is 8.83. The fourth-order valence-electron chi connectivity index (χ4n) is 4.37. The van der Waals surface area contributed by atoms with Crippen LogP contribution in [0.3, 0.4) is 0 Å². The van der Waals surface area contributed by atoms with Gasteiger partial charge >= 0.3 is 12.1 Å². The van der Waals surface area contributed by atoms with Crippen LogP contribution in [0, 0.1) is 5.92 Å². The number of benzene rings is 2. The van der Waals surface area contributed by atoms with E-state index in [-0.39, 0.29) is 30.8 Å². The van der Waals surface area contributed by atoms with Gasteiger partial charge in [-0.05, 0) is 41.0 Å². The molecule has 34 heavy (non-hydrogen) atoms. The number of carboxylic acids is 1. The van der Waals surface area contributed by atoms with E-state index in [2.05, 4.69) is 34.9 Å². The molecule has 7 heteroatoms. The zero-order valence-electron chi connectivity index (χ0n) is 19.9. The lowest BCUT2D eigenvalue weighted by atomic mass is 9.98. The van der Waals surface area contributed by atoms with Gasteiger partial charge in [-0.3, -0.25) is 9.59 Å². The molecule has 0 spiro atoms. The van der Waals surface area contributed by atoms with Crippen LogP contribution in [-0.2, 0) is 14.3 Å². The zero-order chi connectivity index (χ0) is 24.5. The van der Waals surface area contributed by atoms with Crippen LogP contribution < -0.4 is 10.6 Å². The van der Waals surface area contributed by atoms with Gasteiger partial charge in [0, 0.05) is 18.9 Å². The minimum Gasteiger partial charge on any atom is -0.481 e. The van der Waals surface area contributed by atoms with E-state index < -0.39 is 18.1 Å². The maximum atomic E-state index is 12.7. The van der Waals surface area contributed by atoms with Gasteiger partial charge in [-0.25, -0.2) is 4.79 Å². The van der Waals surface area contributed by atoms with E-state index >= 15 is 0 Å². The number of alkyl carbamates (subject to hydrolysis) is 1. The highest BCUT2D eigenvalue weighted by Gasteiger charge is 2.30. The number of hydrogen-bond donors (Lipinski definition) is 3. The molecular formula is C27H34N2O5. The second kappa shape index (κ2) is 12.2. The zero-order valence-corrected chi connectivity index (χ0v) is 19.9. The average molecular weight is 467 g/mol. The third-order valence-corrected chi connectivity index (χ3v) is 6.48. The van der Waals surface area contributed by atoms with Crippen LogP contribution in [0.5, 0.6) is 0 Å². The molecule has 3 rings (SSSR count). The monoisotopic (exact) mass is 466 g/mol. The largest absolute Gasteiger partial charge is 0.481 e. The molecule has 0 saturated heterocycles. The molecule has 2 aromatic carbocycles. The smallest absolute Gasteiger partial charge is 0.407 e. The van der Waals surface area contributed by atoms with Crippen molar-refractivity contribution in [1.82, 2.24) is 10.6 Å². The van der Waals surface area contributed by atoms with E-state index in [1.54, 1.807) is 0 Å². The number of hydrogen-bond acceptors (Lipinski definition) is 4. The van der Waals surface area contributed by atoms with E-state index in [0.29, 0.717) is 19.4 Å². The molecule has 1 aliphatic rings. The van der Waals surface area contributed by atoms with Gasteiger partial charge in [-0.2, -0.15) is 0 Å². The van der Waals surface area contributed by atoms with Gasteiger partial charge in [0.05, 0.1) is 0 Å². The third kappa shape index (κ3) is 6.37. The van der Waals surface area contributed by atoms with Crippen molar-refractivity contribution in [2.45, 2.75) is 57.9 Å². The molecule has 0 heterocycles. The number of unbranched alkanes of at least 4 members (excludes halogenated alkanes) is 2. The van der Waals surface area contributed by atoms with E-state index in [9.17, 15) is 14.4 Å². The normalized spacial score (nSPS) is 13.9. The van der Waals surface area contributed by atoms with Gasteiger partial charge in [-0.15, -0.1) is 0 Å². The lowest BCUT2D eigenvalue weighted by Gasteiger charge is -2.24. The minimum absolute atomic E-state index is 0.0418. The number of carbonyl (C=O) groups excluding carboxylic acids is 2. The Balaban J connectivity index is 1.54. The summed E-state index contributed by atoms with van der Waals surface area (Å²) in [5.41, 5.74) is 4.59. The van der Waals surface area contributed by atoms with Crippen LogP contribution in [-0.4, -0.2) is 42.3 Å². The first kappa shape index (κ1) is 25.3. The van der Waals surface area contributed by atoms with Crippen molar-refractivity contribution >= 4 is 18.0 Å². The fourth-order valence-corrected chi connectivity index (χ4v) is 4.37. The summed E-state index contributed by atoms with van der Waals surface area (Å²) in [4.78, 5) is 36.0. The molecule has 3 N–H and O–H groups in total. The van der Waals surface area contributed by atoms with Crippen LogP contribution in [0.15, 0.2) is 48.5 Å². The topological polar surface area (TPSA) is 105 Å². The number of carbonyl (C=O) groups is 3. The highest BCUT2D eigenvalue weighted by atomic mass is 16.5. The molecule has 0 radical (unpaired) electrons. The van der Waals surface area contributed by atoms with Gasteiger partial charge in [0.15, 0.2) is 0 Å². The highest BCUT2D eigenvalue weighted by Crippen LogP contribution is 2.44. The Hall–Kier alpha value is -3.35. The van der Waals surface area contributed by atoms with Gasteiger partial charge in [0.2, 0.25) is 5.91 Å². The van der Waals surface area contributed by atoms with Gasteiger partial charge in [-0.1, -0.05) is 75.2 Å². The van der Waals surface area contributed by atoms with Crippen molar-refractivity contribution in [2.24, 2.45) is 5.92 Å². The summed E-state index contributed by atoms with van der Waals surface area (Å²) in [6.45, 7) is 4.52. The number of fused-ring (bicyclic) bond motifs is 3. The number of rotatable bonds is 12. The number of amides is 2. The van der Waals surface area contributed by atoms with E-state index in [1.807, 2.05) is 38.1 Å². The second-order valence-electron chi connectivity index (χ2n) is 8.83. The first-order valence-corrected chi connectivity index (χ1v) is 12.0. The molecule has 2 atom stereocenters. The lowest BCUT2D eigenvalue weighted by molar-refractivity contribution is -0.137. The quantitative estimate of drug-likeness (QED) is 0.393. The van der Waals surface area contributed by atoms with Crippen LogP contribution >= 0.6 is 0 Å². The van der Waals surface area contributed by atoms with Crippen molar-refractivity contribution < 1.29 is 24.2 Å². The Morgan fingerprint density at radius 2 is 1.59 bits per heavy atom. The number of ether oxygens (including phenoxy) is 1. The molecule has 0 aromatic heterocycles. The number of aliphatic carboxylic acids is 1. The maximum Gasteiger partial charge on any atom is 0.407 e. The van der Waals surface area contributed by atoms with Gasteiger partial charge in [0.1, 0.15) is 12.6 Å². The molecule has 2 aromatic rings. The minimum atomic E-state index is -0.812.